The molecule has 88 valence electrons. The number of aromatic nitrogens is 6. The number of tetrazole rings is 1. The third-order valence-corrected chi connectivity index (χ3v) is 2.16. The molecule has 2 heterocycles. The molecule has 6 nitrogen and oxygen atoms in total. The van der Waals surface area contributed by atoms with Gasteiger partial charge in [-0.15, -0.1) is 10.2 Å². The maximum atomic E-state index is 4.25. The summed E-state index contributed by atoms with van der Waals surface area (Å²) in [5.41, 5.74) is 0.690. The van der Waals surface area contributed by atoms with Gasteiger partial charge in [-0.2, -0.15) is 4.80 Å². The first kappa shape index (κ1) is 11.4. The Morgan fingerprint density at radius 3 is 3.06 bits per heavy atom. The number of hydrogen-bond acceptors (Lipinski definition) is 5. The van der Waals surface area contributed by atoms with Gasteiger partial charge < -0.3 is 0 Å². The summed E-state index contributed by atoms with van der Waals surface area (Å²) < 4.78 is 0. The molecule has 0 aliphatic carbocycles. The van der Waals surface area contributed by atoms with Crippen LogP contribution >= 0.6 is 0 Å². The average Bonchev–Trinajstić information content (AvgIpc) is 2.85. The molecular weight excluding hydrogens is 216 g/mol. The summed E-state index contributed by atoms with van der Waals surface area (Å²) in [5.74, 6) is 0.534. The second-order valence-corrected chi connectivity index (χ2v) is 3.47. The highest BCUT2D eigenvalue weighted by atomic mass is 15.6. The summed E-state index contributed by atoms with van der Waals surface area (Å²) in [6.07, 6.45) is 9.34. The molecule has 2 rings (SSSR count). The number of rotatable bonds is 5. The summed E-state index contributed by atoms with van der Waals surface area (Å²) in [5, 5.41) is 12.2. The van der Waals surface area contributed by atoms with Crippen LogP contribution in [0.1, 0.15) is 19.8 Å². The minimum atomic E-state index is 0.534. The molecule has 0 bridgehead atoms. The van der Waals surface area contributed by atoms with E-state index in [2.05, 4.69) is 44.5 Å². The molecule has 0 amide bonds. The first-order valence-electron chi connectivity index (χ1n) is 5.59. The van der Waals surface area contributed by atoms with Gasteiger partial charge in [-0.1, -0.05) is 19.1 Å². The number of hydrogen-bond donors (Lipinski definition) is 0. The molecule has 0 spiro atoms. The Kier molecular flexibility index (Phi) is 3.90. The number of nitrogens with zero attached hydrogens (tertiary/aromatic N) is 6. The second-order valence-electron chi connectivity index (χ2n) is 3.47. The van der Waals surface area contributed by atoms with Crippen LogP contribution in [0.2, 0.25) is 0 Å². The Hall–Kier alpha value is -2.11. The molecule has 0 aromatic carbocycles. The Labute approximate surface area is 99.4 Å². The zero-order valence-electron chi connectivity index (χ0n) is 9.69. The molecule has 2 aromatic rings. The zero-order chi connectivity index (χ0) is 11.9. The van der Waals surface area contributed by atoms with Crippen LogP contribution < -0.4 is 0 Å². The van der Waals surface area contributed by atoms with E-state index in [1.807, 2.05) is 0 Å². The lowest BCUT2D eigenvalue weighted by Gasteiger charge is -1.93. The van der Waals surface area contributed by atoms with Crippen molar-refractivity contribution >= 4 is 0 Å². The average molecular weight is 230 g/mol. The largest absolute Gasteiger partial charge is 0.245 e. The minimum absolute atomic E-state index is 0.534. The van der Waals surface area contributed by atoms with Gasteiger partial charge in [-0.25, -0.2) is 9.97 Å². The van der Waals surface area contributed by atoms with Crippen LogP contribution in [0.5, 0.6) is 0 Å². The molecule has 17 heavy (non-hydrogen) atoms. The van der Waals surface area contributed by atoms with Crippen LogP contribution in [-0.4, -0.2) is 30.2 Å². The molecule has 0 fully saturated rings. The normalized spacial score (nSPS) is 11.1. The van der Waals surface area contributed by atoms with E-state index in [1.54, 1.807) is 17.1 Å². The second kappa shape index (κ2) is 5.83. The Morgan fingerprint density at radius 1 is 1.35 bits per heavy atom. The van der Waals surface area contributed by atoms with Crippen LogP contribution in [0.25, 0.3) is 11.5 Å². The number of aryl methyl sites for hydroxylation is 1. The van der Waals surface area contributed by atoms with E-state index in [-0.39, 0.29) is 0 Å². The molecule has 0 N–H and O–H groups in total. The van der Waals surface area contributed by atoms with Crippen molar-refractivity contribution < 1.29 is 0 Å². The lowest BCUT2D eigenvalue weighted by molar-refractivity contribution is 0.528. The van der Waals surface area contributed by atoms with E-state index in [9.17, 15) is 0 Å². The Balaban J connectivity index is 1.99. The quantitative estimate of drug-likeness (QED) is 0.728. The van der Waals surface area contributed by atoms with Crippen LogP contribution in [0.3, 0.4) is 0 Å². The van der Waals surface area contributed by atoms with Crippen LogP contribution in [0.4, 0.5) is 0 Å². The maximum Gasteiger partial charge on any atom is 0.223 e. The van der Waals surface area contributed by atoms with E-state index in [0.29, 0.717) is 11.5 Å². The van der Waals surface area contributed by atoms with Crippen molar-refractivity contribution in [3.63, 3.8) is 0 Å². The van der Waals surface area contributed by atoms with Crippen LogP contribution in [-0.2, 0) is 6.54 Å². The minimum Gasteiger partial charge on any atom is -0.245 e. The van der Waals surface area contributed by atoms with Crippen molar-refractivity contribution in [1.82, 2.24) is 30.2 Å². The molecule has 0 atom stereocenters. The van der Waals surface area contributed by atoms with Gasteiger partial charge >= 0.3 is 0 Å². The van der Waals surface area contributed by atoms with Crippen molar-refractivity contribution in [2.24, 2.45) is 0 Å². The molecule has 0 aliphatic heterocycles. The van der Waals surface area contributed by atoms with Gasteiger partial charge in [0.2, 0.25) is 5.82 Å². The fourth-order valence-corrected chi connectivity index (χ4v) is 1.34. The van der Waals surface area contributed by atoms with E-state index < -0.39 is 0 Å². The smallest absolute Gasteiger partial charge is 0.223 e. The van der Waals surface area contributed by atoms with Crippen molar-refractivity contribution in [1.29, 1.82) is 0 Å². The van der Waals surface area contributed by atoms with Crippen LogP contribution in [0.15, 0.2) is 30.7 Å². The van der Waals surface area contributed by atoms with E-state index in [0.717, 1.165) is 19.4 Å². The first-order chi connectivity index (χ1) is 8.40. The molecule has 0 saturated heterocycles. The lowest BCUT2D eigenvalue weighted by atomic mass is 10.3. The highest BCUT2D eigenvalue weighted by molar-refractivity contribution is 5.45. The summed E-state index contributed by atoms with van der Waals surface area (Å²) in [7, 11) is 0. The van der Waals surface area contributed by atoms with Crippen molar-refractivity contribution in [2.45, 2.75) is 26.3 Å². The lowest BCUT2D eigenvalue weighted by Crippen LogP contribution is -2.01. The highest BCUT2D eigenvalue weighted by Crippen LogP contribution is 2.07. The maximum absolute atomic E-state index is 4.25. The predicted molar refractivity (Wildman–Crippen MR) is 62.9 cm³/mol. The van der Waals surface area contributed by atoms with Gasteiger partial charge in [0.05, 0.1) is 6.54 Å². The number of allylic oxidation sites excluding steroid dienone is 2. The summed E-state index contributed by atoms with van der Waals surface area (Å²) in [4.78, 5) is 9.49. The van der Waals surface area contributed by atoms with E-state index in [4.69, 9.17) is 0 Å². The van der Waals surface area contributed by atoms with Crippen molar-refractivity contribution in [3.8, 4) is 11.5 Å². The summed E-state index contributed by atoms with van der Waals surface area (Å²) in [6, 6.07) is 1.76. The van der Waals surface area contributed by atoms with E-state index in [1.165, 1.54) is 6.33 Å². The Bertz CT molecular complexity index is 476. The zero-order valence-corrected chi connectivity index (χ0v) is 9.69. The molecule has 2 aromatic heterocycles. The van der Waals surface area contributed by atoms with Crippen molar-refractivity contribution in [2.75, 3.05) is 0 Å². The van der Waals surface area contributed by atoms with Crippen LogP contribution in [0, 0.1) is 0 Å². The Morgan fingerprint density at radius 2 is 2.29 bits per heavy atom. The van der Waals surface area contributed by atoms with Gasteiger partial charge in [-0.3, -0.25) is 0 Å². The van der Waals surface area contributed by atoms with Gasteiger partial charge in [0.25, 0.3) is 0 Å². The molecule has 0 unspecified atom stereocenters. The summed E-state index contributed by atoms with van der Waals surface area (Å²) in [6.45, 7) is 2.84. The molecule has 0 radical (unpaired) electrons. The SMILES string of the molecule is CC/C=C/CCn1nnc(-c2ccncn2)n1. The molecule has 0 aliphatic rings. The fourth-order valence-electron chi connectivity index (χ4n) is 1.34. The van der Waals surface area contributed by atoms with Gasteiger partial charge in [0.1, 0.15) is 12.0 Å². The predicted octanol–water partition coefficient (Wildman–Crippen LogP) is 1.49. The third kappa shape index (κ3) is 3.17. The molecule has 0 saturated carbocycles. The summed E-state index contributed by atoms with van der Waals surface area (Å²) >= 11 is 0. The topological polar surface area (TPSA) is 69.4 Å². The van der Waals surface area contributed by atoms with Crippen molar-refractivity contribution in [3.05, 3.63) is 30.7 Å². The highest BCUT2D eigenvalue weighted by Gasteiger charge is 2.05. The molecular formula is C11H14N6. The first-order valence-corrected chi connectivity index (χ1v) is 5.59. The molecule has 6 heteroatoms. The van der Waals surface area contributed by atoms with Gasteiger partial charge in [-0.05, 0) is 24.1 Å². The standard InChI is InChI=1S/C11H14N6/c1-2-3-4-5-8-17-15-11(14-16-17)10-6-7-12-9-13-10/h3-4,6-7,9H,2,5,8H2,1H3/b4-3+. The monoisotopic (exact) mass is 230 g/mol. The fraction of sp³-hybridized carbons (Fsp3) is 0.364. The van der Waals surface area contributed by atoms with E-state index >= 15 is 0 Å². The van der Waals surface area contributed by atoms with Gasteiger partial charge in [0.15, 0.2) is 0 Å². The van der Waals surface area contributed by atoms with Gasteiger partial charge in [0, 0.05) is 6.20 Å². The third-order valence-electron chi connectivity index (χ3n) is 2.16.